The molecule has 10 heteroatoms. The van der Waals surface area contributed by atoms with Crippen molar-refractivity contribution in [2.75, 3.05) is 5.32 Å². The molecule has 0 bridgehead atoms. The Labute approximate surface area is 159 Å². The van der Waals surface area contributed by atoms with Gasteiger partial charge in [0.15, 0.2) is 17.5 Å². The van der Waals surface area contributed by atoms with E-state index in [-0.39, 0.29) is 30.8 Å². The second kappa shape index (κ2) is 7.50. The van der Waals surface area contributed by atoms with Gasteiger partial charge in [0, 0.05) is 13.3 Å². The molecule has 0 radical (unpaired) electrons. The summed E-state index contributed by atoms with van der Waals surface area (Å²) in [6.45, 7) is 1.61. The van der Waals surface area contributed by atoms with E-state index in [9.17, 15) is 15.0 Å². The Kier molecular flexibility index (Phi) is 4.90. The van der Waals surface area contributed by atoms with E-state index in [1.54, 1.807) is 4.57 Å². The molecule has 2 aromatic heterocycles. The summed E-state index contributed by atoms with van der Waals surface area (Å²) in [6, 6.07) is 9.55. The predicted molar refractivity (Wildman–Crippen MR) is 97.2 cm³/mol. The summed E-state index contributed by atoms with van der Waals surface area (Å²) >= 11 is 0. The molecule has 4 rings (SSSR count). The van der Waals surface area contributed by atoms with Gasteiger partial charge in [0.25, 0.3) is 0 Å². The predicted octanol–water partition coefficient (Wildman–Crippen LogP) is 0.962. The van der Waals surface area contributed by atoms with Crippen molar-refractivity contribution in [3.63, 3.8) is 0 Å². The summed E-state index contributed by atoms with van der Waals surface area (Å²) in [5.74, 6) is -0.0678. The van der Waals surface area contributed by atoms with Crippen LogP contribution in [0, 0.1) is 0 Å². The zero-order chi connectivity index (χ0) is 19.7. The highest BCUT2D eigenvalue weighted by atomic mass is 16.6. The van der Waals surface area contributed by atoms with Crippen molar-refractivity contribution >= 4 is 23.0 Å². The van der Waals surface area contributed by atoms with E-state index in [0.29, 0.717) is 11.2 Å². The number of hydrogen-bond donors (Lipinski definition) is 3. The highest BCUT2D eigenvalue weighted by molar-refractivity contribution is 5.88. The molecule has 1 aliphatic heterocycles. The fourth-order valence-corrected chi connectivity index (χ4v) is 2.95. The molecule has 1 fully saturated rings. The molecule has 0 saturated carbocycles. The first kappa shape index (κ1) is 18.3. The van der Waals surface area contributed by atoms with E-state index in [0.717, 1.165) is 5.56 Å². The molecule has 1 aliphatic rings. The number of nitrogens with one attached hydrogen (secondary N) is 1. The fourth-order valence-electron chi connectivity index (χ4n) is 2.95. The Balaban J connectivity index is 1.70. The number of nitrogens with zero attached hydrogens (tertiary/aromatic N) is 4. The maximum Gasteiger partial charge on any atom is 0.247 e. The number of carbonyl (C=O) groups is 1. The zero-order valence-corrected chi connectivity index (χ0v) is 15.0. The van der Waals surface area contributed by atoms with Gasteiger partial charge in [-0.1, -0.05) is 30.3 Å². The van der Waals surface area contributed by atoms with Gasteiger partial charge in [0.1, 0.15) is 18.9 Å². The summed E-state index contributed by atoms with van der Waals surface area (Å²) in [7, 11) is 0. The summed E-state index contributed by atoms with van der Waals surface area (Å²) < 4.78 is 12.8. The van der Waals surface area contributed by atoms with Crippen LogP contribution in [-0.2, 0) is 16.1 Å². The van der Waals surface area contributed by atoms with Gasteiger partial charge < -0.3 is 19.7 Å². The van der Waals surface area contributed by atoms with Crippen molar-refractivity contribution < 1.29 is 24.5 Å². The Morgan fingerprint density at radius 3 is 2.79 bits per heavy atom. The van der Waals surface area contributed by atoms with Gasteiger partial charge in [-0.15, -0.1) is 0 Å². The van der Waals surface area contributed by atoms with Gasteiger partial charge in [-0.2, -0.15) is 9.97 Å². The topological polar surface area (TPSA) is 132 Å². The van der Waals surface area contributed by atoms with Crippen LogP contribution in [-0.4, -0.2) is 48.0 Å². The molecule has 146 valence electrons. The summed E-state index contributed by atoms with van der Waals surface area (Å²) in [5.41, 5.74) is 1.68. The third kappa shape index (κ3) is 3.65. The number of benzene rings is 1. The van der Waals surface area contributed by atoms with E-state index in [1.807, 2.05) is 30.3 Å². The number of ether oxygens (including phenoxy) is 2. The minimum atomic E-state index is -1.28. The monoisotopic (exact) mass is 385 g/mol. The van der Waals surface area contributed by atoms with Crippen LogP contribution in [0.4, 0.5) is 5.95 Å². The molecule has 3 atom stereocenters. The standard InChI is InChI=1S/C18H19N5O5/c1-10(24)20-18-21-15-14(16(22-18)27-8-11-5-3-2-4-6-11)19-9-23(15)13-7-12(25)17(26)28-13/h2-6,9,12-13,17,25-26H,7-8H2,1H3,(H,20,21,22,24). The van der Waals surface area contributed by atoms with Crippen molar-refractivity contribution in [2.45, 2.75) is 38.6 Å². The normalized spacial score (nSPS) is 21.8. The van der Waals surface area contributed by atoms with E-state index in [1.165, 1.54) is 13.3 Å². The number of aromatic nitrogens is 4. The van der Waals surface area contributed by atoms with E-state index in [2.05, 4.69) is 20.3 Å². The lowest BCUT2D eigenvalue weighted by Crippen LogP contribution is -2.19. The Bertz CT molecular complexity index is 983. The zero-order valence-electron chi connectivity index (χ0n) is 15.0. The first-order chi connectivity index (χ1) is 13.5. The number of fused-ring (bicyclic) bond motifs is 1. The van der Waals surface area contributed by atoms with E-state index >= 15 is 0 Å². The lowest BCUT2D eigenvalue weighted by Gasteiger charge is -2.13. The minimum absolute atomic E-state index is 0.0592. The first-order valence-corrected chi connectivity index (χ1v) is 8.72. The SMILES string of the molecule is CC(=O)Nc1nc(OCc2ccccc2)c2ncn(C3CC(O)C(O)O3)c2n1. The van der Waals surface area contributed by atoms with Crippen LogP contribution in [0.2, 0.25) is 0 Å². The highest BCUT2D eigenvalue weighted by Gasteiger charge is 2.34. The van der Waals surface area contributed by atoms with Crippen molar-refractivity contribution in [2.24, 2.45) is 0 Å². The maximum atomic E-state index is 11.5. The van der Waals surface area contributed by atoms with Crippen molar-refractivity contribution in [1.82, 2.24) is 19.5 Å². The van der Waals surface area contributed by atoms with Gasteiger partial charge in [-0.25, -0.2) is 4.98 Å². The Morgan fingerprint density at radius 2 is 2.11 bits per heavy atom. The third-order valence-electron chi connectivity index (χ3n) is 4.27. The van der Waals surface area contributed by atoms with Crippen molar-refractivity contribution in [1.29, 1.82) is 0 Å². The second-order valence-corrected chi connectivity index (χ2v) is 6.42. The van der Waals surface area contributed by atoms with Crippen LogP contribution in [0.3, 0.4) is 0 Å². The van der Waals surface area contributed by atoms with Crippen molar-refractivity contribution in [3.8, 4) is 5.88 Å². The van der Waals surface area contributed by atoms with E-state index in [4.69, 9.17) is 9.47 Å². The Morgan fingerprint density at radius 1 is 1.32 bits per heavy atom. The lowest BCUT2D eigenvalue weighted by atomic mass is 10.2. The summed E-state index contributed by atoms with van der Waals surface area (Å²) in [6.07, 6.45) is -1.30. The summed E-state index contributed by atoms with van der Waals surface area (Å²) in [5, 5.41) is 22.0. The van der Waals surface area contributed by atoms with Crippen LogP contribution in [0.1, 0.15) is 25.1 Å². The van der Waals surface area contributed by atoms with Crippen LogP contribution < -0.4 is 10.1 Å². The van der Waals surface area contributed by atoms with E-state index < -0.39 is 18.6 Å². The molecule has 3 unspecified atom stereocenters. The fraction of sp³-hybridized carbons (Fsp3) is 0.333. The molecular formula is C18H19N5O5. The number of hydrogen-bond acceptors (Lipinski definition) is 8. The highest BCUT2D eigenvalue weighted by Crippen LogP contribution is 2.32. The number of anilines is 1. The Hall–Kier alpha value is -3.08. The maximum absolute atomic E-state index is 11.5. The van der Waals surface area contributed by atoms with Crippen LogP contribution >= 0.6 is 0 Å². The van der Waals surface area contributed by atoms with Gasteiger partial charge in [0.05, 0.1) is 6.33 Å². The molecule has 1 saturated heterocycles. The smallest absolute Gasteiger partial charge is 0.247 e. The first-order valence-electron chi connectivity index (χ1n) is 8.72. The molecular weight excluding hydrogens is 366 g/mol. The van der Waals surface area contributed by atoms with Gasteiger partial charge in [0.2, 0.25) is 17.7 Å². The molecule has 1 amide bonds. The average Bonchev–Trinajstić information content (AvgIpc) is 3.23. The number of rotatable bonds is 5. The van der Waals surface area contributed by atoms with Gasteiger partial charge in [-0.05, 0) is 5.56 Å². The van der Waals surface area contributed by atoms with Crippen LogP contribution in [0.5, 0.6) is 5.88 Å². The quantitative estimate of drug-likeness (QED) is 0.592. The lowest BCUT2D eigenvalue weighted by molar-refractivity contribution is -0.140. The number of aliphatic hydroxyl groups excluding tert-OH is 2. The minimum Gasteiger partial charge on any atom is -0.471 e. The number of imidazole rings is 1. The average molecular weight is 385 g/mol. The molecule has 0 aliphatic carbocycles. The van der Waals surface area contributed by atoms with Crippen LogP contribution in [0.25, 0.3) is 11.2 Å². The number of carbonyl (C=O) groups excluding carboxylic acids is 1. The summed E-state index contributed by atoms with van der Waals surface area (Å²) in [4.78, 5) is 24.3. The largest absolute Gasteiger partial charge is 0.471 e. The van der Waals surface area contributed by atoms with Gasteiger partial charge >= 0.3 is 0 Å². The molecule has 10 nitrogen and oxygen atoms in total. The molecule has 28 heavy (non-hydrogen) atoms. The number of aliphatic hydroxyl groups is 2. The molecule has 3 aromatic rings. The number of amides is 1. The third-order valence-corrected chi connectivity index (χ3v) is 4.27. The molecule has 0 spiro atoms. The molecule has 3 N–H and O–H groups in total. The van der Waals surface area contributed by atoms with Crippen LogP contribution in [0.15, 0.2) is 36.7 Å². The molecule has 1 aromatic carbocycles. The van der Waals surface area contributed by atoms with Crippen molar-refractivity contribution in [3.05, 3.63) is 42.2 Å². The second-order valence-electron chi connectivity index (χ2n) is 6.42. The molecule has 3 heterocycles. The van der Waals surface area contributed by atoms with Gasteiger partial charge in [-0.3, -0.25) is 14.7 Å².